The summed E-state index contributed by atoms with van der Waals surface area (Å²) >= 11 is 3.02. The quantitative estimate of drug-likeness (QED) is 0.721. The Bertz CT molecular complexity index is 792. The minimum Gasteiger partial charge on any atom is -0.302 e. The van der Waals surface area contributed by atoms with Crippen LogP contribution in [0, 0.1) is 13.8 Å². The van der Waals surface area contributed by atoms with Gasteiger partial charge in [0.1, 0.15) is 11.4 Å². The van der Waals surface area contributed by atoms with Gasteiger partial charge in [0.15, 0.2) is 10.8 Å². The third kappa shape index (κ3) is 3.42. The van der Waals surface area contributed by atoms with Crippen LogP contribution >= 0.6 is 23.1 Å². The van der Waals surface area contributed by atoms with Gasteiger partial charge in [0.05, 0.1) is 5.69 Å². The highest BCUT2D eigenvalue weighted by Gasteiger charge is 2.08. The number of rotatable bonds is 5. The van der Waals surface area contributed by atoms with Crippen LogP contribution in [0.3, 0.4) is 0 Å². The Morgan fingerprint density at radius 2 is 2.27 bits per heavy atom. The molecule has 22 heavy (non-hydrogen) atoms. The Labute approximate surface area is 135 Å². The van der Waals surface area contributed by atoms with E-state index in [9.17, 15) is 4.79 Å². The minimum absolute atomic E-state index is 0.0355. The fourth-order valence-corrected chi connectivity index (χ4v) is 3.38. The molecule has 3 aromatic heterocycles. The second-order valence-electron chi connectivity index (χ2n) is 4.61. The molecule has 3 rings (SSSR count). The van der Waals surface area contributed by atoms with Crippen molar-refractivity contribution < 1.29 is 4.79 Å². The minimum atomic E-state index is -0.0355. The number of hydrogen-bond acceptors (Lipinski definition) is 7. The van der Waals surface area contributed by atoms with E-state index in [4.69, 9.17) is 0 Å². The second kappa shape index (κ2) is 6.41. The van der Waals surface area contributed by atoms with Gasteiger partial charge >= 0.3 is 0 Å². The highest BCUT2D eigenvalue weighted by Crippen LogP contribution is 2.22. The SMILES string of the molecule is Cc1nc(NC(=O)CCSc2ccc3nncn3n2)sc1C. The van der Waals surface area contributed by atoms with Crippen LogP contribution in [0.25, 0.3) is 5.65 Å². The fraction of sp³-hybridized carbons (Fsp3) is 0.308. The van der Waals surface area contributed by atoms with Crippen molar-refractivity contribution in [3.63, 3.8) is 0 Å². The molecule has 3 aromatic rings. The lowest BCUT2D eigenvalue weighted by atomic mass is 10.4. The van der Waals surface area contributed by atoms with Crippen molar-refractivity contribution in [3.8, 4) is 0 Å². The lowest BCUT2D eigenvalue weighted by Gasteiger charge is -2.02. The Morgan fingerprint density at radius 3 is 3.05 bits per heavy atom. The van der Waals surface area contributed by atoms with Crippen molar-refractivity contribution in [1.29, 1.82) is 0 Å². The molecule has 0 unspecified atom stereocenters. The Hall–Kier alpha value is -2.00. The summed E-state index contributed by atoms with van der Waals surface area (Å²) in [6.45, 7) is 3.93. The molecule has 0 aliphatic carbocycles. The third-order valence-electron chi connectivity index (χ3n) is 2.99. The van der Waals surface area contributed by atoms with Crippen molar-refractivity contribution in [1.82, 2.24) is 24.8 Å². The van der Waals surface area contributed by atoms with E-state index in [0.717, 1.165) is 15.6 Å². The van der Waals surface area contributed by atoms with E-state index in [1.807, 2.05) is 26.0 Å². The zero-order chi connectivity index (χ0) is 15.5. The first-order chi connectivity index (χ1) is 10.6. The van der Waals surface area contributed by atoms with Gasteiger partial charge in [-0.05, 0) is 26.0 Å². The van der Waals surface area contributed by atoms with Crippen LogP contribution in [0.5, 0.6) is 0 Å². The molecule has 0 saturated carbocycles. The van der Waals surface area contributed by atoms with Gasteiger partial charge in [0, 0.05) is 17.1 Å². The maximum Gasteiger partial charge on any atom is 0.226 e. The van der Waals surface area contributed by atoms with E-state index in [0.29, 0.717) is 23.0 Å². The van der Waals surface area contributed by atoms with Gasteiger partial charge in [-0.15, -0.1) is 33.3 Å². The number of nitrogens with zero attached hydrogens (tertiary/aromatic N) is 5. The molecule has 0 radical (unpaired) electrons. The van der Waals surface area contributed by atoms with Crippen LogP contribution in [0.2, 0.25) is 0 Å². The average Bonchev–Trinajstić information content (AvgIpc) is 3.05. The monoisotopic (exact) mass is 334 g/mol. The molecule has 3 heterocycles. The molecule has 114 valence electrons. The van der Waals surface area contributed by atoms with Crippen molar-refractivity contribution >= 4 is 39.8 Å². The molecule has 0 bridgehead atoms. The topological polar surface area (TPSA) is 85.1 Å². The first-order valence-electron chi connectivity index (χ1n) is 6.65. The number of aryl methyl sites for hydroxylation is 2. The van der Waals surface area contributed by atoms with Gasteiger partial charge in [-0.3, -0.25) is 4.79 Å². The summed E-state index contributed by atoms with van der Waals surface area (Å²) in [5.41, 5.74) is 1.66. The first kappa shape index (κ1) is 14.9. The molecular formula is C13H14N6OS2. The van der Waals surface area contributed by atoms with Gasteiger partial charge in [-0.2, -0.15) is 9.61 Å². The molecule has 0 aromatic carbocycles. The van der Waals surface area contributed by atoms with E-state index < -0.39 is 0 Å². The van der Waals surface area contributed by atoms with Crippen LogP contribution in [0.1, 0.15) is 17.0 Å². The van der Waals surface area contributed by atoms with Crippen molar-refractivity contribution in [2.45, 2.75) is 25.3 Å². The Morgan fingerprint density at radius 1 is 1.41 bits per heavy atom. The van der Waals surface area contributed by atoms with E-state index in [1.54, 1.807) is 10.8 Å². The lowest BCUT2D eigenvalue weighted by Crippen LogP contribution is -2.12. The first-order valence-corrected chi connectivity index (χ1v) is 8.46. The molecule has 1 N–H and O–H groups in total. The third-order valence-corrected chi connectivity index (χ3v) is 4.90. The summed E-state index contributed by atoms with van der Waals surface area (Å²) in [6, 6.07) is 3.73. The number of nitrogens with one attached hydrogen (secondary N) is 1. The number of hydrogen-bond donors (Lipinski definition) is 1. The number of thiazole rings is 1. The highest BCUT2D eigenvalue weighted by molar-refractivity contribution is 7.99. The van der Waals surface area contributed by atoms with Crippen LogP contribution in [-0.4, -0.2) is 36.5 Å². The summed E-state index contributed by atoms with van der Waals surface area (Å²) in [5.74, 6) is 0.613. The highest BCUT2D eigenvalue weighted by atomic mass is 32.2. The van der Waals surface area contributed by atoms with Crippen molar-refractivity contribution in [3.05, 3.63) is 29.0 Å². The Balaban J connectivity index is 1.50. The van der Waals surface area contributed by atoms with Gasteiger partial charge in [0.25, 0.3) is 0 Å². The van der Waals surface area contributed by atoms with Crippen LogP contribution in [0.4, 0.5) is 5.13 Å². The summed E-state index contributed by atoms with van der Waals surface area (Å²) in [5, 5.41) is 16.3. The number of fused-ring (bicyclic) bond motifs is 1. The van der Waals surface area contributed by atoms with Crippen LogP contribution < -0.4 is 5.32 Å². The zero-order valence-electron chi connectivity index (χ0n) is 12.1. The summed E-state index contributed by atoms with van der Waals surface area (Å²) in [6.07, 6.45) is 1.96. The molecule has 7 nitrogen and oxygen atoms in total. The van der Waals surface area contributed by atoms with Crippen LogP contribution in [-0.2, 0) is 4.79 Å². The van der Waals surface area contributed by atoms with E-state index in [-0.39, 0.29) is 5.91 Å². The second-order valence-corrected chi connectivity index (χ2v) is 6.93. The molecule has 0 fully saturated rings. The predicted octanol–water partition coefficient (Wildman–Crippen LogP) is 2.32. The predicted molar refractivity (Wildman–Crippen MR) is 86.3 cm³/mol. The van der Waals surface area contributed by atoms with Gasteiger partial charge < -0.3 is 5.32 Å². The van der Waals surface area contributed by atoms with Crippen molar-refractivity contribution in [2.75, 3.05) is 11.1 Å². The number of carbonyl (C=O) groups excluding carboxylic acids is 1. The summed E-state index contributed by atoms with van der Waals surface area (Å²) in [4.78, 5) is 17.3. The standard InChI is InChI=1S/C13H14N6OS2/c1-8-9(2)22-13(15-8)16-11(20)5-6-21-12-4-3-10-17-14-7-19(10)18-12/h3-4,7H,5-6H2,1-2H3,(H,15,16,20). The number of aromatic nitrogens is 5. The van der Waals surface area contributed by atoms with Gasteiger partial charge in [-0.1, -0.05) is 0 Å². The van der Waals surface area contributed by atoms with Gasteiger partial charge in [-0.25, -0.2) is 4.98 Å². The molecule has 1 amide bonds. The molecule has 9 heteroatoms. The molecule has 0 aliphatic heterocycles. The van der Waals surface area contributed by atoms with Crippen molar-refractivity contribution in [2.24, 2.45) is 0 Å². The lowest BCUT2D eigenvalue weighted by molar-refractivity contribution is -0.115. The maximum atomic E-state index is 11.9. The van der Waals surface area contributed by atoms with Crippen LogP contribution in [0.15, 0.2) is 23.5 Å². The van der Waals surface area contributed by atoms with E-state index in [2.05, 4.69) is 25.6 Å². The normalized spacial score (nSPS) is 11.0. The molecule has 0 aliphatic rings. The smallest absolute Gasteiger partial charge is 0.226 e. The number of thioether (sulfide) groups is 1. The summed E-state index contributed by atoms with van der Waals surface area (Å²) in [7, 11) is 0. The largest absolute Gasteiger partial charge is 0.302 e. The summed E-state index contributed by atoms with van der Waals surface area (Å²) < 4.78 is 1.61. The fourth-order valence-electron chi connectivity index (χ4n) is 1.74. The number of carbonyl (C=O) groups is 1. The Kier molecular flexibility index (Phi) is 4.34. The number of anilines is 1. The van der Waals surface area contributed by atoms with E-state index >= 15 is 0 Å². The molecule has 0 saturated heterocycles. The number of amides is 1. The molecule has 0 atom stereocenters. The molecule has 0 spiro atoms. The van der Waals surface area contributed by atoms with E-state index in [1.165, 1.54) is 23.1 Å². The zero-order valence-corrected chi connectivity index (χ0v) is 13.7. The average molecular weight is 334 g/mol. The molecular weight excluding hydrogens is 320 g/mol. The van der Waals surface area contributed by atoms with Gasteiger partial charge in [0.2, 0.25) is 5.91 Å². The maximum absolute atomic E-state index is 11.9.